The number of carbonyl (C=O) groups is 1. The fourth-order valence-electron chi connectivity index (χ4n) is 1.30. The second-order valence-corrected chi connectivity index (χ2v) is 3.91. The molecule has 0 aromatic rings. The van der Waals surface area contributed by atoms with Crippen molar-refractivity contribution in [3.63, 3.8) is 0 Å². The Balaban J connectivity index is 0. The predicted molar refractivity (Wildman–Crippen MR) is 74.9 cm³/mol. The van der Waals surface area contributed by atoms with Gasteiger partial charge in [0.25, 0.3) is 0 Å². The summed E-state index contributed by atoms with van der Waals surface area (Å²) in [6.45, 7) is 2.13. The fraction of sp³-hybridized carbons (Fsp3) is 0.438. The third-order valence-electron chi connectivity index (χ3n) is 2.23. The number of rotatable bonds is 10. The minimum absolute atomic E-state index is 0. The summed E-state index contributed by atoms with van der Waals surface area (Å²) >= 11 is 0. The molecule has 3 heteroatoms. The fourth-order valence-corrected chi connectivity index (χ4v) is 1.30. The standard InChI is InChI=1S/C16H24O2.Na/c1-2-3-4-5-6-7-8-9-10-11-12-13-14-15-16(17)18;/h3-4,6-7,9-10,12-13H,2,5,8,11,14-15H2,1H3,(H,17,18);/q;+1/p-1/b4-3-,7-6-,10-9-,13-12-;. The van der Waals surface area contributed by atoms with Gasteiger partial charge in [-0.1, -0.05) is 55.5 Å². The Morgan fingerprint density at radius 3 is 1.68 bits per heavy atom. The molecule has 0 radical (unpaired) electrons. The van der Waals surface area contributed by atoms with Gasteiger partial charge in [0, 0.05) is 5.97 Å². The molecule has 0 saturated carbocycles. The first-order valence-electron chi connectivity index (χ1n) is 6.57. The van der Waals surface area contributed by atoms with Gasteiger partial charge >= 0.3 is 29.6 Å². The summed E-state index contributed by atoms with van der Waals surface area (Å²) in [4.78, 5) is 10.1. The van der Waals surface area contributed by atoms with Gasteiger partial charge in [0.15, 0.2) is 0 Å². The van der Waals surface area contributed by atoms with Crippen LogP contribution in [0.4, 0.5) is 0 Å². The van der Waals surface area contributed by atoms with E-state index in [2.05, 4.69) is 43.4 Å². The largest absolute Gasteiger partial charge is 1.00 e. The average molecular weight is 270 g/mol. The maximum absolute atomic E-state index is 10.1. The second kappa shape index (κ2) is 17.4. The minimum Gasteiger partial charge on any atom is -0.550 e. The Morgan fingerprint density at radius 1 is 0.842 bits per heavy atom. The van der Waals surface area contributed by atoms with Crippen LogP contribution in [0, 0.1) is 0 Å². The van der Waals surface area contributed by atoms with Crippen molar-refractivity contribution in [1.29, 1.82) is 0 Å². The molecule has 0 rings (SSSR count). The molecule has 0 atom stereocenters. The van der Waals surface area contributed by atoms with Crippen LogP contribution in [0.25, 0.3) is 0 Å². The molecule has 0 spiro atoms. The van der Waals surface area contributed by atoms with Crippen molar-refractivity contribution in [1.82, 2.24) is 0 Å². The second-order valence-electron chi connectivity index (χ2n) is 3.91. The number of carboxylic acids is 1. The van der Waals surface area contributed by atoms with E-state index in [4.69, 9.17) is 0 Å². The van der Waals surface area contributed by atoms with E-state index in [-0.39, 0.29) is 36.0 Å². The average Bonchev–Trinajstić information content (AvgIpc) is 2.34. The SMILES string of the molecule is CC/C=C\C/C=C\C/C=C\C/C=C\CCC(=O)[O-].[Na+]. The van der Waals surface area contributed by atoms with Gasteiger partial charge in [-0.3, -0.25) is 0 Å². The molecule has 2 nitrogen and oxygen atoms in total. The molecular weight excluding hydrogens is 247 g/mol. The molecule has 0 aliphatic carbocycles. The molecule has 0 bridgehead atoms. The van der Waals surface area contributed by atoms with Gasteiger partial charge in [0.1, 0.15) is 0 Å². The number of hydrogen-bond donors (Lipinski definition) is 0. The van der Waals surface area contributed by atoms with Gasteiger partial charge in [-0.15, -0.1) is 0 Å². The predicted octanol–water partition coefficient (Wildman–Crippen LogP) is 0.326. The van der Waals surface area contributed by atoms with E-state index in [0.717, 1.165) is 25.7 Å². The number of aliphatic carboxylic acids is 1. The van der Waals surface area contributed by atoms with Crippen molar-refractivity contribution in [2.75, 3.05) is 0 Å². The van der Waals surface area contributed by atoms with E-state index in [9.17, 15) is 9.90 Å². The first kappa shape index (κ1) is 20.7. The van der Waals surface area contributed by atoms with Gasteiger partial charge in [0.05, 0.1) is 0 Å². The van der Waals surface area contributed by atoms with Crippen molar-refractivity contribution in [2.24, 2.45) is 0 Å². The number of carbonyl (C=O) groups excluding carboxylic acids is 1. The Hall–Kier alpha value is -0.570. The van der Waals surface area contributed by atoms with E-state index in [0.29, 0.717) is 6.42 Å². The summed E-state index contributed by atoms with van der Waals surface area (Å²) in [6.07, 6.45) is 21.3. The van der Waals surface area contributed by atoms with Crippen LogP contribution >= 0.6 is 0 Å². The molecule has 0 unspecified atom stereocenters. The molecule has 0 aliphatic heterocycles. The molecule has 0 N–H and O–H groups in total. The van der Waals surface area contributed by atoms with Crippen LogP contribution in [0.15, 0.2) is 48.6 Å². The van der Waals surface area contributed by atoms with Crippen LogP contribution < -0.4 is 34.7 Å². The van der Waals surface area contributed by atoms with Crippen LogP contribution in [-0.4, -0.2) is 5.97 Å². The first-order valence-corrected chi connectivity index (χ1v) is 6.57. The number of allylic oxidation sites excluding steroid dienone is 8. The molecule has 0 aliphatic rings. The third-order valence-corrected chi connectivity index (χ3v) is 2.23. The molecule has 0 saturated heterocycles. The molecule has 100 valence electrons. The summed E-state index contributed by atoms with van der Waals surface area (Å²) in [5.74, 6) is -0.988. The van der Waals surface area contributed by atoms with Crippen LogP contribution in [0.5, 0.6) is 0 Å². The van der Waals surface area contributed by atoms with Gasteiger partial charge in [0.2, 0.25) is 0 Å². The zero-order valence-corrected chi connectivity index (χ0v) is 14.2. The smallest absolute Gasteiger partial charge is 0.550 e. The minimum atomic E-state index is -0.988. The van der Waals surface area contributed by atoms with E-state index in [1.165, 1.54) is 0 Å². The van der Waals surface area contributed by atoms with Crippen molar-refractivity contribution < 1.29 is 39.5 Å². The van der Waals surface area contributed by atoms with E-state index >= 15 is 0 Å². The molecular formula is C16H23NaO2. The maximum atomic E-state index is 10.1. The molecule has 0 fully saturated rings. The third kappa shape index (κ3) is 19.9. The maximum Gasteiger partial charge on any atom is 1.00 e. The van der Waals surface area contributed by atoms with Crippen molar-refractivity contribution in [3.05, 3.63) is 48.6 Å². The van der Waals surface area contributed by atoms with Gasteiger partial charge in [-0.05, 0) is 38.5 Å². The Kier molecular flexibility index (Phi) is 19.0. The molecule has 0 aromatic carbocycles. The molecule has 0 amide bonds. The summed E-state index contributed by atoms with van der Waals surface area (Å²) in [7, 11) is 0. The molecule has 0 aromatic heterocycles. The van der Waals surface area contributed by atoms with Crippen molar-refractivity contribution >= 4 is 5.97 Å². The molecule has 19 heavy (non-hydrogen) atoms. The normalized spacial score (nSPS) is 11.8. The zero-order chi connectivity index (χ0) is 13.5. The summed E-state index contributed by atoms with van der Waals surface area (Å²) < 4.78 is 0. The van der Waals surface area contributed by atoms with Crippen LogP contribution in [-0.2, 0) is 4.79 Å². The Labute approximate surface area is 139 Å². The van der Waals surface area contributed by atoms with Crippen LogP contribution in [0.3, 0.4) is 0 Å². The van der Waals surface area contributed by atoms with E-state index in [1.807, 2.05) is 12.2 Å². The monoisotopic (exact) mass is 270 g/mol. The van der Waals surface area contributed by atoms with Crippen molar-refractivity contribution in [2.45, 2.75) is 45.4 Å². The Bertz CT molecular complexity index is 315. The Morgan fingerprint density at radius 2 is 1.26 bits per heavy atom. The van der Waals surface area contributed by atoms with Crippen LogP contribution in [0.2, 0.25) is 0 Å². The van der Waals surface area contributed by atoms with Gasteiger partial charge in [-0.2, -0.15) is 0 Å². The molecule has 0 heterocycles. The number of hydrogen-bond acceptors (Lipinski definition) is 2. The topological polar surface area (TPSA) is 40.1 Å². The van der Waals surface area contributed by atoms with E-state index in [1.54, 1.807) is 0 Å². The first-order chi connectivity index (χ1) is 8.77. The van der Waals surface area contributed by atoms with Gasteiger partial charge < -0.3 is 9.90 Å². The zero-order valence-electron chi connectivity index (χ0n) is 12.2. The summed E-state index contributed by atoms with van der Waals surface area (Å²) in [5, 5.41) is 10.1. The summed E-state index contributed by atoms with van der Waals surface area (Å²) in [5.41, 5.74) is 0. The van der Waals surface area contributed by atoms with Crippen LogP contribution in [0.1, 0.15) is 45.4 Å². The van der Waals surface area contributed by atoms with E-state index < -0.39 is 5.97 Å². The van der Waals surface area contributed by atoms with Crippen molar-refractivity contribution in [3.8, 4) is 0 Å². The number of carboxylic acid groups (broad SMARTS) is 1. The quantitative estimate of drug-likeness (QED) is 0.424. The van der Waals surface area contributed by atoms with Gasteiger partial charge in [-0.25, -0.2) is 0 Å². The summed E-state index contributed by atoms with van der Waals surface area (Å²) in [6, 6.07) is 0.